The van der Waals surface area contributed by atoms with Gasteiger partial charge in [-0.2, -0.15) is 0 Å². The van der Waals surface area contributed by atoms with Crippen LogP contribution in [0.15, 0.2) is 36.4 Å². The first-order valence-corrected chi connectivity index (χ1v) is 5.29. The van der Waals surface area contributed by atoms with Crippen molar-refractivity contribution in [3.63, 3.8) is 0 Å². The van der Waals surface area contributed by atoms with Crippen molar-refractivity contribution >= 4 is 23.3 Å². The number of rotatable bonds is 2. The molecule has 2 aromatic carbocycles. The van der Waals surface area contributed by atoms with Crippen LogP contribution in [0.1, 0.15) is 34.6 Å². The predicted molar refractivity (Wildman–Crippen MR) is 66.1 cm³/mol. The lowest BCUT2D eigenvalue weighted by Crippen LogP contribution is -1.91. The lowest BCUT2D eigenvalue weighted by Gasteiger charge is -2.02. The van der Waals surface area contributed by atoms with E-state index in [0.717, 1.165) is 17.1 Å². The maximum absolute atomic E-state index is 10.8. The monoisotopic (exact) mass is 214 g/mol. The molecular weight excluding hydrogens is 200 g/mol. The highest BCUT2D eigenvalue weighted by Crippen LogP contribution is 2.19. The summed E-state index contributed by atoms with van der Waals surface area (Å²) in [5.41, 5.74) is 0.914. The molecule has 0 saturated heterocycles. The Kier molecular flexibility index (Phi) is 4.40. The Morgan fingerprint density at radius 3 is 2.19 bits per heavy atom. The van der Waals surface area contributed by atoms with Crippen LogP contribution in [0.2, 0.25) is 0 Å². The van der Waals surface area contributed by atoms with E-state index >= 15 is 0 Å². The SMILES string of the molecule is CC.O=Cc1ccc2ccccc2c1C=O. The van der Waals surface area contributed by atoms with Crippen molar-refractivity contribution in [2.24, 2.45) is 0 Å². The number of carbonyl (C=O) groups is 2. The van der Waals surface area contributed by atoms with Gasteiger partial charge in [-0.05, 0) is 10.8 Å². The van der Waals surface area contributed by atoms with Gasteiger partial charge in [0.25, 0.3) is 0 Å². The fourth-order valence-corrected chi connectivity index (χ4v) is 1.55. The van der Waals surface area contributed by atoms with Gasteiger partial charge in [-0.25, -0.2) is 0 Å². The minimum atomic E-state index is 0.443. The average molecular weight is 214 g/mol. The molecule has 0 amide bonds. The molecule has 0 atom stereocenters. The average Bonchev–Trinajstić information content (AvgIpc) is 2.39. The van der Waals surface area contributed by atoms with E-state index in [4.69, 9.17) is 0 Å². The fraction of sp³-hybridized carbons (Fsp3) is 0.143. The van der Waals surface area contributed by atoms with E-state index in [0.29, 0.717) is 17.4 Å². The number of benzene rings is 2. The van der Waals surface area contributed by atoms with E-state index in [9.17, 15) is 9.59 Å². The first-order chi connectivity index (χ1) is 7.86. The van der Waals surface area contributed by atoms with E-state index < -0.39 is 0 Å². The first kappa shape index (κ1) is 12.1. The highest BCUT2D eigenvalue weighted by molar-refractivity contribution is 6.04. The second-order valence-corrected chi connectivity index (χ2v) is 3.03. The summed E-state index contributed by atoms with van der Waals surface area (Å²) in [4.78, 5) is 21.5. The molecule has 2 rings (SSSR count). The standard InChI is InChI=1S/C12H8O2.C2H6/c13-7-10-6-5-9-3-1-2-4-11(9)12(10)8-14;1-2/h1-8H;1-2H3. The number of hydrogen-bond acceptors (Lipinski definition) is 2. The van der Waals surface area contributed by atoms with Crippen molar-refractivity contribution in [3.05, 3.63) is 47.5 Å². The van der Waals surface area contributed by atoms with Gasteiger partial charge in [-0.15, -0.1) is 0 Å². The van der Waals surface area contributed by atoms with E-state index in [1.54, 1.807) is 6.07 Å². The molecule has 0 heterocycles. The van der Waals surface area contributed by atoms with E-state index in [2.05, 4.69) is 0 Å². The van der Waals surface area contributed by atoms with Crippen molar-refractivity contribution in [2.45, 2.75) is 13.8 Å². The molecule has 0 aliphatic heterocycles. The van der Waals surface area contributed by atoms with Crippen LogP contribution in [0.5, 0.6) is 0 Å². The predicted octanol–water partition coefficient (Wildman–Crippen LogP) is 3.49. The second kappa shape index (κ2) is 5.81. The van der Waals surface area contributed by atoms with Crippen LogP contribution in [0, 0.1) is 0 Å². The number of carbonyl (C=O) groups excluding carboxylic acids is 2. The number of hydrogen-bond donors (Lipinski definition) is 0. The zero-order valence-corrected chi connectivity index (χ0v) is 9.44. The Morgan fingerprint density at radius 1 is 0.875 bits per heavy atom. The minimum Gasteiger partial charge on any atom is -0.298 e. The van der Waals surface area contributed by atoms with Crippen LogP contribution < -0.4 is 0 Å². The van der Waals surface area contributed by atoms with E-state index in [1.165, 1.54) is 0 Å². The zero-order chi connectivity index (χ0) is 12.0. The molecule has 0 aliphatic carbocycles. The maximum atomic E-state index is 10.8. The summed E-state index contributed by atoms with van der Waals surface area (Å²) in [6.07, 6.45) is 1.43. The summed E-state index contributed by atoms with van der Waals surface area (Å²) in [6.45, 7) is 4.00. The third-order valence-corrected chi connectivity index (χ3v) is 2.25. The third-order valence-electron chi connectivity index (χ3n) is 2.25. The molecule has 2 aromatic rings. The number of aldehydes is 2. The maximum Gasteiger partial charge on any atom is 0.151 e. The van der Waals surface area contributed by atoms with Crippen LogP contribution in [0.4, 0.5) is 0 Å². The Labute approximate surface area is 94.9 Å². The van der Waals surface area contributed by atoms with E-state index in [-0.39, 0.29) is 0 Å². The van der Waals surface area contributed by atoms with Crippen molar-refractivity contribution in [3.8, 4) is 0 Å². The molecule has 82 valence electrons. The molecule has 0 aliphatic rings. The van der Waals surface area contributed by atoms with Gasteiger partial charge >= 0.3 is 0 Å². The van der Waals surface area contributed by atoms with Crippen molar-refractivity contribution in [2.75, 3.05) is 0 Å². The molecular formula is C14H14O2. The first-order valence-electron chi connectivity index (χ1n) is 5.29. The van der Waals surface area contributed by atoms with Crippen molar-refractivity contribution in [1.29, 1.82) is 0 Å². The quantitative estimate of drug-likeness (QED) is 0.717. The number of fused-ring (bicyclic) bond motifs is 1. The summed E-state index contributed by atoms with van der Waals surface area (Å²) >= 11 is 0. The summed E-state index contributed by atoms with van der Waals surface area (Å²) < 4.78 is 0. The molecule has 0 unspecified atom stereocenters. The van der Waals surface area contributed by atoms with E-state index in [1.807, 2.05) is 44.2 Å². The molecule has 0 spiro atoms. The zero-order valence-electron chi connectivity index (χ0n) is 9.44. The summed E-state index contributed by atoms with van der Waals surface area (Å²) in [6, 6.07) is 11.0. The lowest BCUT2D eigenvalue weighted by molar-refractivity contribution is 0.109. The van der Waals surface area contributed by atoms with Gasteiger partial charge in [0.15, 0.2) is 12.6 Å². The van der Waals surface area contributed by atoms with Crippen LogP contribution in [-0.4, -0.2) is 12.6 Å². The van der Waals surface area contributed by atoms with Crippen LogP contribution >= 0.6 is 0 Å². The Bertz CT molecular complexity index is 501. The highest BCUT2D eigenvalue weighted by atomic mass is 16.1. The van der Waals surface area contributed by atoms with Crippen LogP contribution in [-0.2, 0) is 0 Å². The molecule has 0 radical (unpaired) electrons. The topological polar surface area (TPSA) is 34.1 Å². The molecule has 0 N–H and O–H groups in total. The molecule has 0 fully saturated rings. The largest absolute Gasteiger partial charge is 0.298 e. The summed E-state index contributed by atoms with van der Waals surface area (Å²) in [7, 11) is 0. The van der Waals surface area contributed by atoms with Gasteiger partial charge in [-0.1, -0.05) is 50.2 Å². The van der Waals surface area contributed by atoms with Gasteiger partial charge in [0.1, 0.15) is 0 Å². The molecule has 2 nitrogen and oxygen atoms in total. The van der Waals surface area contributed by atoms with Gasteiger partial charge in [0, 0.05) is 11.1 Å². The minimum absolute atomic E-state index is 0.443. The second-order valence-electron chi connectivity index (χ2n) is 3.03. The summed E-state index contributed by atoms with van der Waals surface area (Å²) in [5, 5.41) is 1.80. The van der Waals surface area contributed by atoms with Crippen molar-refractivity contribution < 1.29 is 9.59 Å². The fourth-order valence-electron chi connectivity index (χ4n) is 1.55. The van der Waals surface area contributed by atoms with Gasteiger partial charge in [-0.3, -0.25) is 9.59 Å². The molecule has 0 aromatic heterocycles. The van der Waals surface area contributed by atoms with Crippen LogP contribution in [0.25, 0.3) is 10.8 Å². The van der Waals surface area contributed by atoms with Crippen molar-refractivity contribution in [1.82, 2.24) is 0 Å². The van der Waals surface area contributed by atoms with Gasteiger partial charge in [0.05, 0.1) is 0 Å². The van der Waals surface area contributed by atoms with Gasteiger partial charge in [0.2, 0.25) is 0 Å². The van der Waals surface area contributed by atoms with Gasteiger partial charge < -0.3 is 0 Å². The highest BCUT2D eigenvalue weighted by Gasteiger charge is 2.04. The lowest BCUT2D eigenvalue weighted by atomic mass is 10.0. The Balaban J connectivity index is 0.000000606. The normalized spacial score (nSPS) is 9.12. The smallest absolute Gasteiger partial charge is 0.151 e. The molecule has 0 saturated carbocycles. The third kappa shape index (κ3) is 2.16. The Morgan fingerprint density at radius 2 is 1.56 bits per heavy atom. The Hall–Kier alpha value is -1.96. The molecule has 0 bridgehead atoms. The molecule has 2 heteroatoms. The molecule has 16 heavy (non-hydrogen) atoms. The van der Waals surface area contributed by atoms with Crippen LogP contribution in [0.3, 0.4) is 0 Å². The summed E-state index contributed by atoms with van der Waals surface area (Å²) in [5.74, 6) is 0.